The van der Waals surface area contributed by atoms with Gasteiger partial charge in [0.05, 0.1) is 0 Å². The molecule has 0 bridgehead atoms. The summed E-state index contributed by atoms with van der Waals surface area (Å²) < 4.78 is 0. The summed E-state index contributed by atoms with van der Waals surface area (Å²) in [5, 5.41) is 0. The van der Waals surface area contributed by atoms with Crippen LogP contribution in [0.15, 0.2) is 0 Å². The highest BCUT2D eigenvalue weighted by Crippen LogP contribution is 2.21. The summed E-state index contributed by atoms with van der Waals surface area (Å²) in [5.74, 6) is 7.73. The van der Waals surface area contributed by atoms with Crippen LogP contribution in [0.4, 0.5) is 0 Å². The predicted octanol–water partition coefficient (Wildman–Crippen LogP) is 10.7. The molecule has 0 heteroatoms. The lowest BCUT2D eigenvalue weighted by Crippen LogP contribution is -1.99. The average molecular weight is 417 g/mol. The first-order chi connectivity index (χ1) is 14.8. The number of rotatable bonds is 23. The van der Waals surface area contributed by atoms with Crippen molar-refractivity contribution >= 4 is 0 Å². The lowest BCUT2D eigenvalue weighted by atomic mass is 9.93. The third-order valence-electron chi connectivity index (χ3n) is 6.53. The summed E-state index contributed by atoms with van der Waals surface area (Å²) in [7, 11) is 0. The van der Waals surface area contributed by atoms with Crippen molar-refractivity contribution in [3.05, 3.63) is 13.8 Å². The van der Waals surface area contributed by atoms with Crippen LogP contribution in [0.2, 0.25) is 0 Å². The van der Waals surface area contributed by atoms with Gasteiger partial charge in [-0.1, -0.05) is 143 Å². The minimum Gasteiger partial charge on any atom is -0.103 e. The fraction of sp³-hybridized carbons (Fsp3) is 0.867. The van der Waals surface area contributed by atoms with Gasteiger partial charge in [0.2, 0.25) is 0 Å². The summed E-state index contributed by atoms with van der Waals surface area (Å²) in [4.78, 5) is 0. The first kappa shape index (κ1) is 29.6. The van der Waals surface area contributed by atoms with E-state index in [9.17, 15) is 0 Å². The van der Waals surface area contributed by atoms with Gasteiger partial charge in [0.25, 0.3) is 0 Å². The normalized spacial score (nSPS) is 12.0. The highest BCUT2D eigenvalue weighted by Gasteiger charge is 2.05. The minimum atomic E-state index is 0.943. The Bertz CT molecular complexity index is 358. The van der Waals surface area contributed by atoms with Crippen molar-refractivity contribution in [2.24, 2.45) is 5.92 Å². The third kappa shape index (κ3) is 23.8. The molecule has 0 saturated heterocycles. The smallest absolute Gasteiger partial charge is 0.00887 e. The Morgan fingerprint density at radius 1 is 0.467 bits per heavy atom. The second-order valence-corrected chi connectivity index (χ2v) is 9.42. The SMILES string of the molecule is [CH2]CCCCCCC#CCCCC(CC)CCCCCCCCCCCCCC[CH2]. The first-order valence-corrected chi connectivity index (χ1v) is 13.9. The molecule has 0 heterocycles. The molecule has 0 aromatic carbocycles. The summed E-state index contributed by atoms with van der Waals surface area (Å²) >= 11 is 0. The molecule has 0 aromatic heterocycles. The Kier molecular flexibility index (Phi) is 26.2. The zero-order valence-corrected chi connectivity index (χ0v) is 21.0. The second kappa shape index (κ2) is 26.6. The zero-order valence-electron chi connectivity index (χ0n) is 21.0. The van der Waals surface area contributed by atoms with E-state index in [-0.39, 0.29) is 0 Å². The molecule has 0 aromatic rings. The predicted molar refractivity (Wildman–Crippen MR) is 138 cm³/mol. The lowest BCUT2D eigenvalue weighted by molar-refractivity contribution is 0.403. The van der Waals surface area contributed by atoms with Crippen LogP contribution in [0.3, 0.4) is 0 Å². The van der Waals surface area contributed by atoms with Crippen molar-refractivity contribution in [1.29, 1.82) is 0 Å². The number of unbranched alkanes of at least 4 members (excludes halogenated alkanes) is 18. The van der Waals surface area contributed by atoms with E-state index < -0.39 is 0 Å². The van der Waals surface area contributed by atoms with Gasteiger partial charge in [0.15, 0.2) is 0 Å². The summed E-state index contributed by atoms with van der Waals surface area (Å²) in [6.07, 6.45) is 32.4. The van der Waals surface area contributed by atoms with Gasteiger partial charge in [0.1, 0.15) is 0 Å². The van der Waals surface area contributed by atoms with Crippen LogP contribution < -0.4 is 0 Å². The topological polar surface area (TPSA) is 0 Å². The Morgan fingerprint density at radius 3 is 1.30 bits per heavy atom. The highest BCUT2D eigenvalue weighted by atomic mass is 14.1. The fourth-order valence-corrected chi connectivity index (χ4v) is 4.33. The van der Waals surface area contributed by atoms with E-state index >= 15 is 0 Å². The van der Waals surface area contributed by atoms with Crippen LogP contribution in [0.25, 0.3) is 0 Å². The number of hydrogen-bond acceptors (Lipinski definition) is 0. The standard InChI is InChI=1S/C30H56/c1-4-7-9-11-13-15-17-18-19-21-23-25-27-29-30(6-3)28-26-24-22-20-16-14-12-10-8-5-2/h30H,1-2,4-19,21,23-29H2,3H3. The molecule has 0 aliphatic rings. The maximum absolute atomic E-state index is 3.92. The molecular weight excluding hydrogens is 360 g/mol. The summed E-state index contributed by atoms with van der Waals surface area (Å²) in [5.41, 5.74) is 0. The van der Waals surface area contributed by atoms with Crippen molar-refractivity contribution < 1.29 is 0 Å². The zero-order chi connectivity index (χ0) is 22.0. The van der Waals surface area contributed by atoms with Gasteiger partial charge >= 0.3 is 0 Å². The van der Waals surface area contributed by atoms with E-state index in [0.717, 1.165) is 31.6 Å². The average Bonchev–Trinajstić information content (AvgIpc) is 2.76. The third-order valence-corrected chi connectivity index (χ3v) is 6.53. The van der Waals surface area contributed by atoms with Crippen LogP contribution >= 0.6 is 0 Å². The molecule has 30 heavy (non-hydrogen) atoms. The van der Waals surface area contributed by atoms with Gasteiger partial charge in [-0.05, 0) is 25.2 Å². The molecule has 1 unspecified atom stereocenters. The molecule has 0 fully saturated rings. The quantitative estimate of drug-likeness (QED) is 0.115. The van der Waals surface area contributed by atoms with Gasteiger partial charge in [-0.15, -0.1) is 11.8 Å². The summed E-state index contributed by atoms with van der Waals surface area (Å²) in [6.45, 7) is 10.2. The Morgan fingerprint density at radius 2 is 0.833 bits per heavy atom. The Hall–Kier alpha value is -0.440. The van der Waals surface area contributed by atoms with Crippen LogP contribution in [0, 0.1) is 31.6 Å². The lowest BCUT2D eigenvalue weighted by Gasteiger charge is -2.13. The van der Waals surface area contributed by atoms with Crippen molar-refractivity contribution in [3.63, 3.8) is 0 Å². The Labute approximate surface area is 192 Å². The molecule has 0 nitrogen and oxygen atoms in total. The highest BCUT2D eigenvalue weighted by molar-refractivity contribution is 4.98. The fourth-order valence-electron chi connectivity index (χ4n) is 4.33. The molecule has 1 atom stereocenters. The van der Waals surface area contributed by atoms with Gasteiger partial charge in [-0.2, -0.15) is 0 Å². The molecule has 2 radical (unpaired) electrons. The van der Waals surface area contributed by atoms with Crippen molar-refractivity contribution in [2.45, 2.75) is 161 Å². The second-order valence-electron chi connectivity index (χ2n) is 9.42. The van der Waals surface area contributed by atoms with Gasteiger partial charge in [-0.25, -0.2) is 0 Å². The molecule has 0 amide bonds. The molecule has 0 saturated carbocycles. The largest absolute Gasteiger partial charge is 0.103 e. The first-order valence-electron chi connectivity index (χ1n) is 13.9. The number of hydrogen-bond donors (Lipinski definition) is 0. The summed E-state index contributed by atoms with van der Waals surface area (Å²) in [6, 6.07) is 0. The van der Waals surface area contributed by atoms with E-state index in [0.29, 0.717) is 0 Å². The Balaban J connectivity index is 3.36. The van der Waals surface area contributed by atoms with E-state index in [1.165, 1.54) is 128 Å². The maximum atomic E-state index is 3.92. The van der Waals surface area contributed by atoms with Crippen LogP contribution in [-0.4, -0.2) is 0 Å². The maximum Gasteiger partial charge on any atom is 0.00887 e. The molecule has 0 rings (SSSR count). The molecule has 0 N–H and O–H groups in total. The molecule has 0 aliphatic heterocycles. The van der Waals surface area contributed by atoms with Crippen LogP contribution in [-0.2, 0) is 0 Å². The van der Waals surface area contributed by atoms with Gasteiger partial charge in [-0.3, -0.25) is 0 Å². The van der Waals surface area contributed by atoms with Crippen molar-refractivity contribution in [2.75, 3.05) is 0 Å². The monoisotopic (exact) mass is 416 g/mol. The molecule has 0 aliphatic carbocycles. The van der Waals surface area contributed by atoms with Crippen molar-refractivity contribution in [3.8, 4) is 11.8 Å². The van der Waals surface area contributed by atoms with E-state index in [2.05, 4.69) is 32.6 Å². The van der Waals surface area contributed by atoms with Crippen molar-refractivity contribution in [1.82, 2.24) is 0 Å². The minimum absolute atomic E-state index is 0.943. The van der Waals surface area contributed by atoms with Crippen LogP contribution in [0.5, 0.6) is 0 Å². The van der Waals surface area contributed by atoms with Crippen LogP contribution in [0.1, 0.15) is 161 Å². The molecule has 176 valence electrons. The molecular formula is C30H56. The van der Waals surface area contributed by atoms with E-state index in [1.807, 2.05) is 0 Å². The molecule has 0 spiro atoms. The van der Waals surface area contributed by atoms with Gasteiger partial charge in [0, 0.05) is 12.8 Å². The van der Waals surface area contributed by atoms with E-state index in [4.69, 9.17) is 0 Å². The van der Waals surface area contributed by atoms with E-state index in [1.54, 1.807) is 0 Å². The van der Waals surface area contributed by atoms with Gasteiger partial charge < -0.3 is 0 Å².